The van der Waals surface area contributed by atoms with Crippen molar-refractivity contribution in [3.05, 3.63) is 29.0 Å². The van der Waals surface area contributed by atoms with Crippen molar-refractivity contribution < 1.29 is 13.7 Å². The summed E-state index contributed by atoms with van der Waals surface area (Å²) >= 11 is 5.76. The van der Waals surface area contributed by atoms with E-state index < -0.39 is 16.4 Å². The van der Waals surface area contributed by atoms with Crippen molar-refractivity contribution in [2.75, 3.05) is 18.8 Å². The van der Waals surface area contributed by atoms with Crippen LogP contribution in [0.25, 0.3) is 0 Å². The van der Waals surface area contributed by atoms with Crippen molar-refractivity contribution in [2.45, 2.75) is 45.0 Å². The molecule has 2 atom stereocenters. The Balaban J connectivity index is 1.84. The van der Waals surface area contributed by atoms with Gasteiger partial charge in [-0.1, -0.05) is 17.7 Å². The van der Waals surface area contributed by atoms with E-state index in [1.165, 1.54) is 0 Å². The molecule has 0 spiro atoms. The third-order valence-electron chi connectivity index (χ3n) is 3.71. The zero-order valence-electron chi connectivity index (χ0n) is 14.5. The molecule has 1 amide bonds. The molecule has 0 unspecified atom stereocenters. The Kier molecular flexibility index (Phi) is 6.63. The lowest BCUT2D eigenvalue weighted by Crippen LogP contribution is -2.44. The second-order valence-electron chi connectivity index (χ2n) is 7.17. The van der Waals surface area contributed by atoms with Gasteiger partial charge < -0.3 is 9.64 Å². The maximum atomic E-state index is 12.4. The van der Waals surface area contributed by atoms with Gasteiger partial charge >= 0.3 is 6.09 Å². The standard InChI is InChI=1S/C17H25ClN2O3S/c1-17(2,3)23-16(21)20-8-4-5-14(10-20)12-24(22)11-13-6-7-15(18)19-9-13/h6-7,9,14H,4-5,8,10-12H2,1-3H3/t14-,24+/m0/s1. The number of piperidine rings is 1. The van der Waals surface area contributed by atoms with Crippen molar-refractivity contribution in [3.63, 3.8) is 0 Å². The monoisotopic (exact) mass is 372 g/mol. The fraction of sp³-hybridized carbons (Fsp3) is 0.647. The van der Waals surface area contributed by atoms with Crippen LogP contribution in [0.1, 0.15) is 39.2 Å². The molecule has 5 nitrogen and oxygen atoms in total. The summed E-state index contributed by atoms with van der Waals surface area (Å²) in [6.07, 6.45) is 3.29. The number of ether oxygens (including phenoxy) is 1. The number of carbonyl (C=O) groups excluding carboxylic acids is 1. The van der Waals surface area contributed by atoms with Gasteiger partial charge in [0, 0.05) is 35.8 Å². The molecule has 1 aromatic rings. The molecule has 0 bridgehead atoms. The minimum absolute atomic E-state index is 0.243. The number of rotatable bonds is 4. The second-order valence-corrected chi connectivity index (χ2v) is 9.06. The molecule has 0 aromatic carbocycles. The summed E-state index contributed by atoms with van der Waals surface area (Å²) in [5, 5.41) is 0.435. The van der Waals surface area contributed by atoms with Gasteiger partial charge in [-0.05, 0) is 51.2 Å². The molecule has 7 heteroatoms. The predicted molar refractivity (Wildman–Crippen MR) is 96.5 cm³/mol. The van der Waals surface area contributed by atoms with E-state index in [1.807, 2.05) is 26.8 Å². The maximum Gasteiger partial charge on any atom is 0.410 e. The first kappa shape index (κ1) is 19.2. The fourth-order valence-electron chi connectivity index (χ4n) is 2.69. The molecule has 0 radical (unpaired) electrons. The minimum atomic E-state index is -0.984. The summed E-state index contributed by atoms with van der Waals surface area (Å²) in [6.45, 7) is 6.91. The van der Waals surface area contributed by atoms with Crippen molar-refractivity contribution in [2.24, 2.45) is 5.92 Å². The first-order chi connectivity index (χ1) is 11.2. The summed E-state index contributed by atoms with van der Waals surface area (Å²) in [7, 11) is -0.984. The minimum Gasteiger partial charge on any atom is -0.444 e. The number of pyridine rings is 1. The molecular weight excluding hydrogens is 348 g/mol. The number of amides is 1. The normalized spacial score (nSPS) is 19.8. The summed E-state index contributed by atoms with van der Waals surface area (Å²) in [4.78, 5) is 17.9. The van der Waals surface area contributed by atoms with E-state index in [4.69, 9.17) is 16.3 Å². The van der Waals surface area contributed by atoms with Crippen molar-refractivity contribution in [1.29, 1.82) is 0 Å². The molecule has 134 valence electrons. The third-order valence-corrected chi connectivity index (χ3v) is 5.43. The van der Waals surface area contributed by atoms with E-state index >= 15 is 0 Å². The lowest BCUT2D eigenvalue weighted by Gasteiger charge is -2.34. The average Bonchev–Trinajstić information content (AvgIpc) is 2.48. The molecular formula is C17H25ClN2O3S. The Hall–Kier alpha value is -1.14. The highest BCUT2D eigenvalue weighted by Crippen LogP contribution is 2.21. The van der Waals surface area contributed by atoms with Crippen LogP contribution < -0.4 is 0 Å². The Morgan fingerprint density at radius 3 is 2.83 bits per heavy atom. The van der Waals surface area contributed by atoms with Gasteiger partial charge in [-0.15, -0.1) is 0 Å². The van der Waals surface area contributed by atoms with Crippen LogP contribution in [-0.4, -0.2) is 44.6 Å². The van der Waals surface area contributed by atoms with Gasteiger partial charge in [0.05, 0.1) is 5.75 Å². The highest BCUT2D eigenvalue weighted by atomic mass is 35.5. The highest BCUT2D eigenvalue weighted by molar-refractivity contribution is 7.84. The quantitative estimate of drug-likeness (QED) is 0.757. The smallest absolute Gasteiger partial charge is 0.410 e. The number of likely N-dealkylation sites (tertiary alicyclic amines) is 1. The predicted octanol–water partition coefficient (Wildman–Crippen LogP) is 3.63. The SMILES string of the molecule is CC(C)(C)OC(=O)N1CCC[C@H](C[S@](=O)Cc2ccc(Cl)nc2)C1. The third kappa shape index (κ3) is 6.40. The zero-order chi connectivity index (χ0) is 17.7. The molecule has 1 aromatic heterocycles. The highest BCUT2D eigenvalue weighted by Gasteiger charge is 2.28. The molecule has 2 heterocycles. The van der Waals surface area contributed by atoms with Crippen LogP contribution in [0.15, 0.2) is 18.3 Å². The van der Waals surface area contributed by atoms with Crippen LogP contribution in [0.2, 0.25) is 5.15 Å². The molecule has 1 fully saturated rings. The van der Waals surface area contributed by atoms with Gasteiger partial charge in [0.1, 0.15) is 10.8 Å². The van der Waals surface area contributed by atoms with Crippen molar-refractivity contribution in [3.8, 4) is 0 Å². The number of aromatic nitrogens is 1. The van der Waals surface area contributed by atoms with Crippen LogP contribution in [0, 0.1) is 5.92 Å². The van der Waals surface area contributed by atoms with E-state index in [2.05, 4.69) is 4.98 Å². The Morgan fingerprint density at radius 2 is 2.21 bits per heavy atom. The van der Waals surface area contributed by atoms with Gasteiger partial charge in [-0.25, -0.2) is 9.78 Å². The largest absolute Gasteiger partial charge is 0.444 e. The average molecular weight is 373 g/mol. The van der Waals surface area contributed by atoms with Crippen LogP contribution in [0.4, 0.5) is 4.79 Å². The van der Waals surface area contributed by atoms with Gasteiger partial charge in [0.25, 0.3) is 0 Å². The molecule has 1 aliphatic rings. The lowest BCUT2D eigenvalue weighted by atomic mass is 10.0. The second kappa shape index (κ2) is 8.30. The molecule has 24 heavy (non-hydrogen) atoms. The molecule has 1 aliphatic heterocycles. The summed E-state index contributed by atoms with van der Waals surface area (Å²) in [5.74, 6) is 1.29. The zero-order valence-corrected chi connectivity index (χ0v) is 16.0. The van der Waals surface area contributed by atoms with E-state index in [1.54, 1.807) is 17.2 Å². The lowest BCUT2D eigenvalue weighted by molar-refractivity contribution is 0.0176. The van der Waals surface area contributed by atoms with Crippen LogP contribution in [0.3, 0.4) is 0 Å². The molecule has 0 aliphatic carbocycles. The van der Waals surface area contributed by atoms with Crippen LogP contribution >= 0.6 is 11.6 Å². The molecule has 0 N–H and O–H groups in total. The summed E-state index contributed by atoms with van der Waals surface area (Å²) in [6, 6.07) is 3.56. The van der Waals surface area contributed by atoms with Gasteiger partial charge in [-0.2, -0.15) is 0 Å². The van der Waals surface area contributed by atoms with Crippen molar-refractivity contribution in [1.82, 2.24) is 9.88 Å². The Labute approximate surface area is 151 Å². The number of hydrogen-bond donors (Lipinski definition) is 0. The van der Waals surface area contributed by atoms with Gasteiger partial charge in [-0.3, -0.25) is 4.21 Å². The topological polar surface area (TPSA) is 59.5 Å². The first-order valence-electron chi connectivity index (χ1n) is 8.16. The van der Waals surface area contributed by atoms with E-state index in [0.29, 0.717) is 29.7 Å². The summed E-state index contributed by atoms with van der Waals surface area (Å²) < 4.78 is 17.8. The maximum absolute atomic E-state index is 12.4. The molecule has 1 saturated heterocycles. The molecule has 2 rings (SSSR count). The Morgan fingerprint density at radius 1 is 1.46 bits per heavy atom. The number of hydrogen-bond acceptors (Lipinski definition) is 4. The Bertz CT molecular complexity index is 586. The number of nitrogens with zero attached hydrogens (tertiary/aromatic N) is 2. The fourth-order valence-corrected chi connectivity index (χ4v) is 4.26. The van der Waals surface area contributed by atoms with E-state index in [0.717, 1.165) is 18.4 Å². The van der Waals surface area contributed by atoms with Gasteiger partial charge in [0.2, 0.25) is 0 Å². The van der Waals surface area contributed by atoms with Crippen LogP contribution in [0.5, 0.6) is 0 Å². The van der Waals surface area contributed by atoms with Gasteiger partial charge in [0.15, 0.2) is 0 Å². The first-order valence-corrected chi connectivity index (χ1v) is 10.0. The van der Waals surface area contributed by atoms with E-state index in [-0.39, 0.29) is 12.0 Å². The number of halogens is 1. The summed E-state index contributed by atoms with van der Waals surface area (Å²) in [5.41, 5.74) is 0.423. The molecule has 0 saturated carbocycles. The number of carbonyl (C=O) groups is 1. The van der Waals surface area contributed by atoms with Crippen molar-refractivity contribution >= 4 is 28.5 Å². The van der Waals surface area contributed by atoms with Crippen LogP contribution in [-0.2, 0) is 21.3 Å². The van der Waals surface area contributed by atoms with E-state index in [9.17, 15) is 9.00 Å².